The Morgan fingerprint density at radius 3 is 2.91 bits per heavy atom. The summed E-state index contributed by atoms with van der Waals surface area (Å²) in [5.41, 5.74) is 2.67. The number of amides is 1. The number of anilines is 1. The van der Waals surface area contributed by atoms with Crippen molar-refractivity contribution >= 4 is 27.9 Å². The molecule has 162 valence electrons. The molecule has 0 saturated heterocycles. The highest BCUT2D eigenvalue weighted by Gasteiger charge is 2.19. The molecule has 0 fully saturated rings. The van der Waals surface area contributed by atoms with Gasteiger partial charge in [-0.2, -0.15) is 0 Å². The highest BCUT2D eigenvalue weighted by molar-refractivity contribution is 7.15. The van der Waals surface area contributed by atoms with Crippen LogP contribution in [0.5, 0.6) is 17.2 Å². The molecular formula is C23H19N3O5S. The second-order valence-electron chi connectivity index (χ2n) is 7.32. The van der Waals surface area contributed by atoms with E-state index in [1.165, 1.54) is 17.4 Å². The number of thiazole rings is 1. The number of rotatable bonds is 5. The van der Waals surface area contributed by atoms with Crippen molar-refractivity contribution in [1.29, 1.82) is 0 Å². The van der Waals surface area contributed by atoms with Gasteiger partial charge in [0.05, 0.1) is 5.69 Å². The van der Waals surface area contributed by atoms with E-state index in [0.717, 1.165) is 11.3 Å². The molecule has 2 aromatic heterocycles. The van der Waals surface area contributed by atoms with Crippen molar-refractivity contribution in [1.82, 2.24) is 9.38 Å². The van der Waals surface area contributed by atoms with Gasteiger partial charge in [-0.1, -0.05) is 12.1 Å². The second kappa shape index (κ2) is 8.01. The lowest BCUT2D eigenvalue weighted by Crippen LogP contribution is -2.30. The van der Waals surface area contributed by atoms with Gasteiger partial charge in [-0.15, -0.1) is 11.3 Å². The Labute approximate surface area is 187 Å². The van der Waals surface area contributed by atoms with E-state index in [2.05, 4.69) is 10.3 Å². The van der Waals surface area contributed by atoms with Crippen LogP contribution in [-0.2, 0) is 4.79 Å². The third-order valence-corrected chi connectivity index (χ3v) is 5.81. The maximum Gasteiger partial charge on any atom is 0.265 e. The lowest BCUT2D eigenvalue weighted by molar-refractivity contribution is -0.122. The second-order valence-corrected chi connectivity index (χ2v) is 8.16. The monoisotopic (exact) mass is 449 g/mol. The van der Waals surface area contributed by atoms with Gasteiger partial charge in [0.15, 0.2) is 22.6 Å². The Hall–Kier alpha value is -3.85. The molecule has 8 nitrogen and oxygen atoms in total. The zero-order valence-corrected chi connectivity index (χ0v) is 18.1. The van der Waals surface area contributed by atoms with Crippen LogP contribution in [0.2, 0.25) is 0 Å². The highest BCUT2D eigenvalue weighted by atomic mass is 32.1. The van der Waals surface area contributed by atoms with Gasteiger partial charge in [0, 0.05) is 34.5 Å². The summed E-state index contributed by atoms with van der Waals surface area (Å²) in [6.07, 6.45) is -0.740. The molecule has 1 aliphatic heterocycles. The van der Waals surface area contributed by atoms with Gasteiger partial charge in [-0.3, -0.25) is 14.0 Å². The van der Waals surface area contributed by atoms with E-state index in [1.807, 2.05) is 23.6 Å². The van der Waals surface area contributed by atoms with Gasteiger partial charge in [0.1, 0.15) is 5.75 Å². The highest BCUT2D eigenvalue weighted by Crippen LogP contribution is 2.35. The molecule has 3 heterocycles. The number of benzene rings is 2. The molecular weight excluding hydrogens is 430 g/mol. The van der Waals surface area contributed by atoms with E-state index >= 15 is 0 Å². The van der Waals surface area contributed by atoms with Crippen molar-refractivity contribution in [3.8, 4) is 28.5 Å². The topological polar surface area (TPSA) is 91.2 Å². The van der Waals surface area contributed by atoms with Crippen LogP contribution in [0.15, 0.2) is 58.7 Å². The van der Waals surface area contributed by atoms with Crippen LogP contribution in [-0.4, -0.2) is 28.2 Å². The van der Waals surface area contributed by atoms with E-state index in [-0.39, 0.29) is 18.3 Å². The Balaban J connectivity index is 1.34. The molecule has 5 rings (SSSR count). The molecule has 0 radical (unpaired) electrons. The molecule has 1 atom stereocenters. The van der Waals surface area contributed by atoms with Crippen LogP contribution in [0.4, 0.5) is 5.69 Å². The van der Waals surface area contributed by atoms with Crippen molar-refractivity contribution in [3.05, 3.63) is 70.0 Å². The normalized spacial score (nSPS) is 13.2. The van der Waals surface area contributed by atoms with Crippen molar-refractivity contribution in [2.75, 3.05) is 12.1 Å². The minimum atomic E-state index is -0.740. The molecule has 1 amide bonds. The summed E-state index contributed by atoms with van der Waals surface area (Å²) in [5.74, 6) is 1.45. The summed E-state index contributed by atoms with van der Waals surface area (Å²) in [7, 11) is 0. The van der Waals surface area contributed by atoms with Crippen LogP contribution in [0.1, 0.15) is 12.6 Å². The quantitative estimate of drug-likeness (QED) is 0.497. The zero-order valence-electron chi connectivity index (χ0n) is 17.3. The SMILES string of the molecule is Cc1cc(=O)n2c(-c3cccc(NC(=O)[C@H](C)Oc4ccc5c(c4)OCO5)c3)csc2n1. The van der Waals surface area contributed by atoms with Gasteiger partial charge in [-0.25, -0.2) is 4.98 Å². The zero-order chi connectivity index (χ0) is 22.2. The molecule has 2 aromatic carbocycles. The van der Waals surface area contributed by atoms with Crippen LogP contribution in [0.3, 0.4) is 0 Å². The Bertz CT molecular complexity index is 1390. The lowest BCUT2D eigenvalue weighted by atomic mass is 10.1. The fraction of sp³-hybridized carbons (Fsp3) is 0.174. The van der Waals surface area contributed by atoms with Crippen LogP contribution in [0.25, 0.3) is 16.2 Å². The molecule has 9 heteroatoms. The number of carbonyl (C=O) groups is 1. The first-order chi connectivity index (χ1) is 15.5. The molecule has 4 aromatic rings. The number of aryl methyl sites for hydroxylation is 1. The first kappa shape index (κ1) is 20.1. The average Bonchev–Trinajstić information content (AvgIpc) is 3.40. The van der Waals surface area contributed by atoms with Gasteiger partial charge >= 0.3 is 0 Å². The summed E-state index contributed by atoms with van der Waals surface area (Å²) in [4.78, 5) is 30.2. The van der Waals surface area contributed by atoms with E-state index in [0.29, 0.717) is 33.6 Å². The molecule has 1 N–H and O–H groups in total. The predicted molar refractivity (Wildman–Crippen MR) is 121 cm³/mol. The van der Waals surface area contributed by atoms with E-state index < -0.39 is 6.10 Å². The van der Waals surface area contributed by atoms with E-state index in [1.54, 1.807) is 42.5 Å². The maximum absolute atomic E-state index is 12.7. The fourth-order valence-corrected chi connectivity index (χ4v) is 4.39. The number of hydrogen-bond acceptors (Lipinski definition) is 7. The Kier molecular flexibility index (Phi) is 5.02. The van der Waals surface area contributed by atoms with Gasteiger partial charge in [-0.05, 0) is 38.1 Å². The van der Waals surface area contributed by atoms with Gasteiger partial charge < -0.3 is 19.5 Å². The number of hydrogen-bond donors (Lipinski definition) is 1. The third kappa shape index (κ3) is 3.78. The van der Waals surface area contributed by atoms with E-state index in [4.69, 9.17) is 14.2 Å². The molecule has 0 bridgehead atoms. The van der Waals surface area contributed by atoms with Crippen molar-refractivity contribution in [2.24, 2.45) is 0 Å². The first-order valence-electron chi connectivity index (χ1n) is 9.93. The smallest absolute Gasteiger partial charge is 0.265 e. The van der Waals surface area contributed by atoms with Gasteiger partial charge in [0.2, 0.25) is 6.79 Å². The predicted octanol–water partition coefficient (Wildman–Crippen LogP) is 3.87. The van der Waals surface area contributed by atoms with Crippen molar-refractivity contribution in [3.63, 3.8) is 0 Å². The number of fused-ring (bicyclic) bond motifs is 2. The van der Waals surface area contributed by atoms with Crippen LogP contribution in [0, 0.1) is 6.92 Å². The molecule has 0 saturated carbocycles. The summed E-state index contributed by atoms with van der Waals surface area (Å²) >= 11 is 1.40. The Morgan fingerprint density at radius 1 is 1.19 bits per heavy atom. The molecule has 1 aliphatic rings. The van der Waals surface area contributed by atoms with Crippen LogP contribution < -0.4 is 25.1 Å². The standard InChI is InChI=1S/C23H19N3O5S/c1-13-8-21(27)26-18(11-32-23(26)24-13)15-4-3-5-16(9-15)25-22(28)14(2)31-17-6-7-19-20(10-17)30-12-29-19/h3-11,14H,12H2,1-2H3,(H,25,28)/t14-/m0/s1. The average molecular weight is 449 g/mol. The fourth-order valence-electron chi connectivity index (χ4n) is 3.44. The number of ether oxygens (including phenoxy) is 3. The van der Waals surface area contributed by atoms with Crippen molar-refractivity contribution < 1.29 is 19.0 Å². The van der Waals surface area contributed by atoms with E-state index in [9.17, 15) is 9.59 Å². The summed E-state index contributed by atoms with van der Waals surface area (Å²) in [6.45, 7) is 3.64. The molecule has 32 heavy (non-hydrogen) atoms. The number of nitrogens with zero attached hydrogens (tertiary/aromatic N) is 2. The van der Waals surface area contributed by atoms with Crippen LogP contribution >= 0.6 is 11.3 Å². The first-order valence-corrected chi connectivity index (χ1v) is 10.8. The largest absolute Gasteiger partial charge is 0.481 e. The van der Waals surface area contributed by atoms with Gasteiger partial charge in [0.25, 0.3) is 11.5 Å². The summed E-state index contributed by atoms with van der Waals surface area (Å²) in [5, 5.41) is 4.75. The third-order valence-electron chi connectivity index (χ3n) is 4.98. The minimum absolute atomic E-state index is 0.135. The number of carbonyl (C=O) groups excluding carboxylic acids is 1. The molecule has 0 spiro atoms. The summed E-state index contributed by atoms with van der Waals surface area (Å²) < 4.78 is 18.0. The molecule has 0 aliphatic carbocycles. The maximum atomic E-state index is 12.7. The number of aromatic nitrogens is 2. The molecule has 0 unspecified atom stereocenters. The lowest BCUT2D eigenvalue weighted by Gasteiger charge is -2.15. The number of nitrogens with one attached hydrogen (secondary N) is 1. The Morgan fingerprint density at radius 2 is 2.03 bits per heavy atom. The minimum Gasteiger partial charge on any atom is -0.481 e. The summed E-state index contributed by atoms with van der Waals surface area (Å²) in [6, 6.07) is 14.0. The van der Waals surface area contributed by atoms with Crippen molar-refractivity contribution in [2.45, 2.75) is 20.0 Å².